The standard InChI is InChI=1S/C19H16F3N3O4/c20-19(21,22)29-15-8-6-14(7-9-15)24-11-12-25(18(24)27)16-4-2-1-3-13(16)5-10-17(26)23-28/h1-10,28H,11-12H2,(H,23,26). The molecule has 1 aliphatic rings. The number of halogens is 3. The largest absolute Gasteiger partial charge is 0.573 e. The second kappa shape index (κ2) is 8.23. The summed E-state index contributed by atoms with van der Waals surface area (Å²) in [5.41, 5.74) is 3.05. The third-order valence-corrected chi connectivity index (χ3v) is 4.14. The summed E-state index contributed by atoms with van der Waals surface area (Å²) in [6, 6.07) is 11.6. The highest BCUT2D eigenvalue weighted by atomic mass is 19.4. The number of rotatable bonds is 5. The van der Waals surface area contributed by atoms with Gasteiger partial charge in [0.25, 0.3) is 5.91 Å². The summed E-state index contributed by atoms with van der Waals surface area (Å²) in [7, 11) is 0. The van der Waals surface area contributed by atoms with E-state index in [0.717, 1.165) is 18.2 Å². The molecule has 0 atom stereocenters. The van der Waals surface area contributed by atoms with Gasteiger partial charge in [-0.3, -0.25) is 19.8 Å². The molecular weight excluding hydrogens is 391 g/mol. The maximum atomic E-state index is 12.9. The van der Waals surface area contributed by atoms with Crippen molar-refractivity contribution in [3.63, 3.8) is 0 Å². The zero-order chi connectivity index (χ0) is 21.0. The van der Waals surface area contributed by atoms with Gasteiger partial charge in [0.15, 0.2) is 0 Å². The van der Waals surface area contributed by atoms with Gasteiger partial charge in [-0.2, -0.15) is 0 Å². The molecule has 0 aliphatic carbocycles. The molecule has 0 bridgehead atoms. The fourth-order valence-corrected chi connectivity index (χ4v) is 2.90. The first kappa shape index (κ1) is 20.2. The van der Waals surface area contributed by atoms with Crippen molar-refractivity contribution < 1.29 is 32.7 Å². The lowest BCUT2D eigenvalue weighted by Gasteiger charge is -2.20. The van der Waals surface area contributed by atoms with Crippen LogP contribution in [0.15, 0.2) is 54.6 Å². The van der Waals surface area contributed by atoms with Crippen molar-refractivity contribution in [1.82, 2.24) is 5.48 Å². The van der Waals surface area contributed by atoms with E-state index in [9.17, 15) is 22.8 Å². The number of hydrogen-bond acceptors (Lipinski definition) is 4. The molecule has 7 nitrogen and oxygen atoms in total. The molecule has 0 saturated carbocycles. The first-order chi connectivity index (χ1) is 13.8. The minimum absolute atomic E-state index is 0.327. The Hall–Kier alpha value is -3.53. The van der Waals surface area contributed by atoms with Gasteiger partial charge in [-0.1, -0.05) is 18.2 Å². The monoisotopic (exact) mass is 407 g/mol. The molecule has 152 valence electrons. The van der Waals surface area contributed by atoms with Gasteiger partial charge in [-0.05, 0) is 42.0 Å². The van der Waals surface area contributed by atoms with Crippen LogP contribution in [0.1, 0.15) is 5.56 Å². The summed E-state index contributed by atoms with van der Waals surface area (Å²) in [5, 5.41) is 8.59. The summed E-state index contributed by atoms with van der Waals surface area (Å²) < 4.78 is 40.7. The number of amides is 3. The number of nitrogens with zero attached hydrogens (tertiary/aromatic N) is 2. The molecule has 1 heterocycles. The van der Waals surface area contributed by atoms with Crippen LogP contribution in [0.2, 0.25) is 0 Å². The first-order valence-corrected chi connectivity index (χ1v) is 8.44. The summed E-state index contributed by atoms with van der Waals surface area (Å²) in [6.45, 7) is 0.671. The smallest absolute Gasteiger partial charge is 0.406 e. The molecule has 2 N–H and O–H groups in total. The third kappa shape index (κ3) is 4.85. The second-order valence-electron chi connectivity index (χ2n) is 6.00. The number of alkyl halides is 3. The normalized spacial score (nSPS) is 14.6. The van der Waals surface area contributed by atoms with Crippen LogP contribution in [-0.4, -0.2) is 36.6 Å². The highest BCUT2D eigenvalue weighted by molar-refractivity contribution is 6.07. The van der Waals surface area contributed by atoms with Crippen LogP contribution in [-0.2, 0) is 4.79 Å². The average Bonchev–Trinajstić information content (AvgIpc) is 3.07. The third-order valence-electron chi connectivity index (χ3n) is 4.14. The van der Waals surface area contributed by atoms with E-state index in [0.29, 0.717) is 30.0 Å². The van der Waals surface area contributed by atoms with E-state index >= 15 is 0 Å². The maximum Gasteiger partial charge on any atom is 0.573 e. The van der Waals surface area contributed by atoms with Crippen molar-refractivity contribution in [2.45, 2.75) is 6.36 Å². The molecule has 29 heavy (non-hydrogen) atoms. The highest BCUT2D eigenvalue weighted by Gasteiger charge is 2.33. The number of benzene rings is 2. The molecular formula is C19H16F3N3O4. The molecule has 2 aromatic rings. The van der Waals surface area contributed by atoms with Crippen molar-refractivity contribution in [1.29, 1.82) is 0 Å². The zero-order valence-corrected chi connectivity index (χ0v) is 14.9. The van der Waals surface area contributed by atoms with Crippen LogP contribution in [0.25, 0.3) is 6.08 Å². The Bertz CT molecular complexity index is 929. The molecule has 1 aliphatic heterocycles. The number of nitrogens with one attached hydrogen (secondary N) is 1. The van der Waals surface area contributed by atoms with Gasteiger partial charge in [-0.25, -0.2) is 10.3 Å². The first-order valence-electron chi connectivity index (χ1n) is 8.44. The number of carbonyl (C=O) groups excluding carboxylic acids is 2. The van der Waals surface area contributed by atoms with Gasteiger partial charge < -0.3 is 4.74 Å². The van der Waals surface area contributed by atoms with Crippen LogP contribution >= 0.6 is 0 Å². The number of anilines is 2. The fraction of sp³-hybridized carbons (Fsp3) is 0.158. The lowest BCUT2D eigenvalue weighted by molar-refractivity contribution is -0.274. The number of ether oxygens (including phenoxy) is 1. The van der Waals surface area contributed by atoms with E-state index < -0.39 is 12.3 Å². The molecule has 1 saturated heterocycles. The Balaban J connectivity index is 1.79. The van der Waals surface area contributed by atoms with Crippen LogP contribution in [0, 0.1) is 0 Å². The minimum Gasteiger partial charge on any atom is -0.406 e. The minimum atomic E-state index is -4.79. The van der Waals surface area contributed by atoms with E-state index in [1.807, 2.05) is 0 Å². The van der Waals surface area contributed by atoms with Crippen molar-refractivity contribution >= 4 is 29.4 Å². The Labute approximate surface area is 163 Å². The fourth-order valence-electron chi connectivity index (χ4n) is 2.90. The van der Waals surface area contributed by atoms with Gasteiger partial charge in [0.05, 0.1) is 5.69 Å². The van der Waals surface area contributed by atoms with Gasteiger partial charge in [-0.15, -0.1) is 13.2 Å². The van der Waals surface area contributed by atoms with Crippen molar-refractivity contribution in [3.8, 4) is 5.75 Å². The molecule has 3 rings (SSSR count). The lowest BCUT2D eigenvalue weighted by atomic mass is 10.1. The molecule has 0 spiro atoms. The molecule has 0 aromatic heterocycles. The number of carbonyl (C=O) groups is 2. The molecule has 0 radical (unpaired) electrons. The lowest BCUT2D eigenvalue weighted by Crippen LogP contribution is -2.32. The molecule has 1 fully saturated rings. The summed E-state index contributed by atoms with van der Waals surface area (Å²) >= 11 is 0. The van der Waals surface area contributed by atoms with Crippen LogP contribution in [0.4, 0.5) is 29.3 Å². The van der Waals surface area contributed by atoms with Gasteiger partial charge in [0.2, 0.25) is 0 Å². The van der Waals surface area contributed by atoms with Crippen LogP contribution in [0.3, 0.4) is 0 Å². The molecule has 10 heteroatoms. The van der Waals surface area contributed by atoms with E-state index in [-0.39, 0.29) is 11.8 Å². The van der Waals surface area contributed by atoms with Crippen LogP contribution < -0.4 is 20.0 Å². The van der Waals surface area contributed by atoms with Crippen LogP contribution in [0.5, 0.6) is 5.75 Å². The van der Waals surface area contributed by atoms with Crippen molar-refractivity contribution in [2.24, 2.45) is 0 Å². The van der Waals surface area contributed by atoms with Gasteiger partial charge >= 0.3 is 12.4 Å². The summed E-state index contributed by atoms with van der Waals surface area (Å²) in [5.74, 6) is -1.09. The Kier molecular flexibility index (Phi) is 5.74. The predicted octanol–water partition coefficient (Wildman–Crippen LogP) is 3.55. The summed E-state index contributed by atoms with van der Waals surface area (Å²) in [4.78, 5) is 27.0. The number of para-hydroxylation sites is 1. The zero-order valence-electron chi connectivity index (χ0n) is 14.9. The SMILES string of the molecule is O=C(C=Cc1ccccc1N1CCN(c2ccc(OC(F)(F)F)cc2)C1=O)NO. The molecule has 2 aromatic carbocycles. The Morgan fingerprint density at radius 1 is 1.07 bits per heavy atom. The number of hydrogen-bond donors (Lipinski definition) is 2. The van der Waals surface area contributed by atoms with Crippen molar-refractivity contribution in [3.05, 3.63) is 60.2 Å². The Morgan fingerprint density at radius 2 is 1.72 bits per heavy atom. The molecule has 3 amide bonds. The van der Waals surface area contributed by atoms with Gasteiger partial charge in [0, 0.05) is 24.9 Å². The summed E-state index contributed by atoms with van der Waals surface area (Å²) in [6.07, 6.45) is -2.21. The molecule has 0 unspecified atom stereocenters. The van der Waals surface area contributed by atoms with Crippen molar-refractivity contribution in [2.75, 3.05) is 22.9 Å². The number of urea groups is 1. The van der Waals surface area contributed by atoms with E-state index in [4.69, 9.17) is 5.21 Å². The highest BCUT2D eigenvalue weighted by Crippen LogP contribution is 2.30. The van der Waals surface area contributed by atoms with E-state index in [2.05, 4.69) is 4.74 Å². The van der Waals surface area contributed by atoms with E-state index in [1.165, 1.54) is 33.5 Å². The van der Waals surface area contributed by atoms with E-state index in [1.54, 1.807) is 24.3 Å². The predicted molar refractivity (Wildman–Crippen MR) is 98.6 cm³/mol. The Morgan fingerprint density at radius 3 is 2.38 bits per heavy atom. The average molecular weight is 407 g/mol. The maximum absolute atomic E-state index is 12.9. The number of hydroxylamine groups is 1. The second-order valence-corrected chi connectivity index (χ2v) is 6.00. The quantitative estimate of drug-likeness (QED) is 0.451. The topological polar surface area (TPSA) is 82.1 Å². The van der Waals surface area contributed by atoms with Gasteiger partial charge in [0.1, 0.15) is 5.75 Å².